The third kappa shape index (κ3) is 3.73. The molecule has 4 heteroatoms. The lowest BCUT2D eigenvalue weighted by molar-refractivity contribution is 0.185. The van der Waals surface area contributed by atoms with Gasteiger partial charge in [-0.05, 0) is 17.2 Å². The van der Waals surface area contributed by atoms with Crippen LogP contribution in [0.3, 0.4) is 0 Å². The van der Waals surface area contributed by atoms with Gasteiger partial charge in [0, 0.05) is 25.8 Å². The molecule has 0 aromatic heterocycles. The molecule has 0 aliphatic heterocycles. The first-order valence-corrected chi connectivity index (χ1v) is 6.48. The van der Waals surface area contributed by atoms with Crippen LogP contribution in [0.1, 0.15) is 16.7 Å². The van der Waals surface area contributed by atoms with Gasteiger partial charge < -0.3 is 20.3 Å². The summed E-state index contributed by atoms with van der Waals surface area (Å²) in [7, 11) is 1.68. The van der Waals surface area contributed by atoms with E-state index in [-0.39, 0.29) is 11.5 Å². The molecule has 2 aromatic carbocycles. The lowest BCUT2D eigenvalue weighted by Crippen LogP contribution is -2.13. The fourth-order valence-corrected chi connectivity index (χ4v) is 2.06. The van der Waals surface area contributed by atoms with Crippen LogP contribution in [0, 0.1) is 0 Å². The molecule has 0 heterocycles. The van der Waals surface area contributed by atoms with Crippen molar-refractivity contribution in [3.05, 3.63) is 59.2 Å². The summed E-state index contributed by atoms with van der Waals surface area (Å²) in [6.45, 7) is 1.78. The zero-order valence-corrected chi connectivity index (χ0v) is 11.5. The Morgan fingerprint density at radius 2 is 1.75 bits per heavy atom. The molecule has 0 unspecified atom stereocenters. The van der Waals surface area contributed by atoms with Gasteiger partial charge in [-0.25, -0.2) is 0 Å². The van der Waals surface area contributed by atoms with E-state index in [9.17, 15) is 10.2 Å². The average Bonchev–Trinajstić information content (AvgIpc) is 2.44. The number of hydrogen-bond donors (Lipinski definition) is 3. The molecule has 0 amide bonds. The number of rotatable bonds is 6. The quantitative estimate of drug-likeness (QED) is 0.708. The van der Waals surface area contributed by atoms with Gasteiger partial charge in [0.2, 0.25) is 0 Å². The highest BCUT2D eigenvalue weighted by Gasteiger charge is 2.05. The lowest BCUT2D eigenvalue weighted by Gasteiger charge is -2.09. The van der Waals surface area contributed by atoms with Crippen LogP contribution in [0.5, 0.6) is 11.5 Å². The molecule has 3 N–H and O–H groups in total. The first-order valence-electron chi connectivity index (χ1n) is 6.48. The summed E-state index contributed by atoms with van der Waals surface area (Å²) >= 11 is 0. The number of methoxy groups -OCH3 is 1. The van der Waals surface area contributed by atoms with Crippen molar-refractivity contribution in [2.75, 3.05) is 7.11 Å². The fourth-order valence-electron chi connectivity index (χ4n) is 2.06. The maximum Gasteiger partial charge on any atom is 0.161 e. The first-order chi connectivity index (χ1) is 9.70. The summed E-state index contributed by atoms with van der Waals surface area (Å²) < 4.78 is 5.10. The molecule has 4 nitrogen and oxygen atoms in total. The van der Waals surface area contributed by atoms with Gasteiger partial charge in [-0.15, -0.1) is 0 Å². The van der Waals surface area contributed by atoms with E-state index in [0.29, 0.717) is 25.3 Å². The van der Waals surface area contributed by atoms with Crippen molar-refractivity contribution in [1.29, 1.82) is 0 Å². The minimum atomic E-state index is -0.0913. The third-order valence-corrected chi connectivity index (χ3v) is 3.05. The molecule has 0 fully saturated rings. The van der Waals surface area contributed by atoms with Gasteiger partial charge >= 0.3 is 0 Å². The highest BCUT2D eigenvalue weighted by atomic mass is 16.5. The monoisotopic (exact) mass is 273 g/mol. The van der Waals surface area contributed by atoms with Crippen LogP contribution in [0.2, 0.25) is 0 Å². The Morgan fingerprint density at radius 3 is 2.55 bits per heavy atom. The summed E-state index contributed by atoms with van der Waals surface area (Å²) in [5.74, 6) is -0.153. The SMILES string of the molecule is COCc1cccc(CNCc2cccc(O)c2O)c1. The second-order valence-corrected chi connectivity index (χ2v) is 4.64. The minimum absolute atomic E-state index is 0.0619. The van der Waals surface area contributed by atoms with Gasteiger partial charge in [0.25, 0.3) is 0 Å². The van der Waals surface area contributed by atoms with Crippen LogP contribution in [0.15, 0.2) is 42.5 Å². The molecule has 20 heavy (non-hydrogen) atoms. The van der Waals surface area contributed by atoms with Crippen LogP contribution in [0.25, 0.3) is 0 Å². The minimum Gasteiger partial charge on any atom is -0.504 e. The summed E-state index contributed by atoms with van der Waals surface area (Å²) in [6.07, 6.45) is 0. The van der Waals surface area contributed by atoms with Crippen molar-refractivity contribution in [3.63, 3.8) is 0 Å². The Kier molecular flexibility index (Phi) is 4.98. The largest absolute Gasteiger partial charge is 0.504 e. The number of ether oxygens (including phenoxy) is 1. The van der Waals surface area contributed by atoms with Gasteiger partial charge in [0.05, 0.1) is 6.61 Å². The van der Waals surface area contributed by atoms with E-state index in [1.165, 1.54) is 6.07 Å². The molecule has 0 saturated heterocycles. The second kappa shape index (κ2) is 6.93. The number of aromatic hydroxyl groups is 2. The molecular formula is C16H19NO3. The highest BCUT2D eigenvalue weighted by Crippen LogP contribution is 2.27. The maximum atomic E-state index is 9.70. The molecule has 2 aromatic rings. The molecule has 0 radical (unpaired) electrons. The van der Waals surface area contributed by atoms with Crippen LogP contribution in [0.4, 0.5) is 0 Å². The molecule has 0 atom stereocenters. The molecule has 2 rings (SSSR count). The Bertz CT molecular complexity index is 569. The number of phenols is 2. The van der Waals surface area contributed by atoms with E-state index < -0.39 is 0 Å². The summed E-state index contributed by atoms with van der Waals surface area (Å²) in [5, 5.41) is 22.4. The Labute approximate surface area is 118 Å². The predicted molar refractivity (Wildman–Crippen MR) is 77.5 cm³/mol. The number of nitrogens with one attached hydrogen (secondary N) is 1. The molecule has 0 aliphatic rings. The average molecular weight is 273 g/mol. The predicted octanol–water partition coefficient (Wildman–Crippen LogP) is 2.53. The molecule has 0 spiro atoms. The third-order valence-electron chi connectivity index (χ3n) is 3.05. The van der Waals surface area contributed by atoms with Gasteiger partial charge in [-0.3, -0.25) is 0 Å². The van der Waals surface area contributed by atoms with Gasteiger partial charge in [-0.2, -0.15) is 0 Å². The molecular weight excluding hydrogens is 254 g/mol. The summed E-state index contributed by atoms with van der Waals surface area (Å²) in [5.41, 5.74) is 2.96. The summed E-state index contributed by atoms with van der Waals surface area (Å²) in [6, 6.07) is 13.1. The maximum absolute atomic E-state index is 9.70. The van der Waals surface area contributed by atoms with Gasteiger partial charge in [0.1, 0.15) is 0 Å². The number of benzene rings is 2. The number of hydrogen-bond acceptors (Lipinski definition) is 4. The van der Waals surface area contributed by atoms with Crippen molar-refractivity contribution in [2.24, 2.45) is 0 Å². The van der Waals surface area contributed by atoms with E-state index in [4.69, 9.17) is 4.74 Å². The zero-order valence-electron chi connectivity index (χ0n) is 11.5. The Morgan fingerprint density at radius 1 is 1.00 bits per heavy atom. The van der Waals surface area contributed by atoms with E-state index >= 15 is 0 Å². The number of phenolic OH excluding ortho intramolecular Hbond substituents is 2. The topological polar surface area (TPSA) is 61.7 Å². The van der Waals surface area contributed by atoms with Crippen LogP contribution >= 0.6 is 0 Å². The van der Waals surface area contributed by atoms with Crippen molar-refractivity contribution >= 4 is 0 Å². The van der Waals surface area contributed by atoms with Crippen molar-refractivity contribution < 1.29 is 14.9 Å². The first kappa shape index (κ1) is 14.4. The second-order valence-electron chi connectivity index (χ2n) is 4.64. The van der Waals surface area contributed by atoms with Crippen molar-refractivity contribution in [1.82, 2.24) is 5.32 Å². The van der Waals surface area contributed by atoms with Crippen LogP contribution in [-0.4, -0.2) is 17.3 Å². The summed E-state index contributed by atoms with van der Waals surface area (Å²) in [4.78, 5) is 0. The van der Waals surface area contributed by atoms with Gasteiger partial charge in [-0.1, -0.05) is 36.4 Å². The smallest absolute Gasteiger partial charge is 0.161 e. The van der Waals surface area contributed by atoms with Crippen molar-refractivity contribution in [3.8, 4) is 11.5 Å². The van der Waals surface area contributed by atoms with E-state index in [1.54, 1.807) is 19.2 Å². The Balaban J connectivity index is 1.92. The van der Waals surface area contributed by atoms with Crippen LogP contribution in [-0.2, 0) is 24.4 Å². The standard InChI is InChI=1S/C16H19NO3/c1-20-11-13-5-2-4-12(8-13)9-17-10-14-6-3-7-15(18)16(14)19/h2-8,17-19H,9-11H2,1H3. The van der Waals surface area contributed by atoms with Crippen LogP contribution < -0.4 is 5.32 Å². The molecule has 106 valence electrons. The molecule has 0 aliphatic carbocycles. The fraction of sp³-hybridized carbons (Fsp3) is 0.250. The highest BCUT2D eigenvalue weighted by molar-refractivity contribution is 5.44. The van der Waals surface area contributed by atoms with Gasteiger partial charge in [0.15, 0.2) is 11.5 Å². The van der Waals surface area contributed by atoms with E-state index in [1.807, 2.05) is 18.2 Å². The van der Waals surface area contributed by atoms with E-state index in [0.717, 1.165) is 11.1 Å². The molecule has 0 bridgehead atoms. The zero-order chi connectivity index (χ0) is 14.4. The van der Waals surface area contributed by atoms with E-state index in [2.05, 4.69) is 11.4 Å². The number of para-hydroxylation sites is 1. The lowest BCUT2D eigenvalue weighted by atomic mass is 10.1. The Hall–Kier alpha value is -2.04. The van der Waals surface area contributed by atoms with Crippen molar-refractivity contribution in [2.45, 2.75) is 19.7 Å². The molecule has 0 saturated carbocycles. The normalized spacial score (nSPS) is 10.7.